The van der Waals surface area contributed by atoms with E-state index in [0.29, 0.717) is 22.3 Å². The fourth-order valence-electron chi connectivity index (χ4n) is 3.54. The number of aliphatic carboxylic acids is 1. The highest BCUT2D eigenvalue weighted by Crippen LogP contribution is 2.24. The summed E-state index contributed by atoms with van der Waals surface area (Å²) >= 11 is 0. The van der Waals surface area contributed by atoms with E-state index in [2.05, 4.69) is 0 Å². The Balaban J connectivity index is 1.77. The second-order valence-corrected chi connectivity index (χ2v) is 7.91. The second kappa shape index (κ2) is 10.1. The Bertz CT molecular complexity index is 1220. The molecule has 0 amide bonds. The molecule has 0 aliphatic rings. The van der Waals surface area contributed by atoms with Crippen LogP contribution in [0.15, 0.2) is 66.7 Å². The molecule has 0 saturated heterocycles. The molecule has 0 aromatic heterocycles. The van der Waals surface area contributed by atoms with Crippen molar-refractivity contribution in [3.63, 3.8) is 0 Å². The van der Waals surface area contributed by atoms with Gasteiger partial charge in [0.1, 0.15) is 11.8 Å². The van der Waals surface area contributed by atoms with E-state index in [9.17, 15) is 19.5 Å². The molecule has 0 aliphatic heterocycles. The second-order valence-electron chi connectivity index (χ2n) is 7.91. The number of carbonyl (C=O) groups excluding carboxylic acids is 2. The molecule has 0 aliphatic carbocycles. The topological polar surface area (TPSA) is 118 Å². The Morgan fingerprint density at radius 1 is 0.939 bits per heavy atom. The quantitative estimate of drug-likeness (QED) is 0.357. The zero-order valence-corrected chi connectivity index (χ0v) is 18.4. The van der Waals surface area contributed by atoms with Crippen LogP contribution in [-0.2, 0) is 11.2 Å². The molecule has 0 saturated carbocycles. The van der Waals surface area contributed by atoms with Gasteiger partial charge in [-0.3, -0.25) is 14.4 Å². The lowest BCUT2D eigenvalue weighted by Gasteiger charge is -2.11. The van der Waals surface area contributed by atoms with E-state index >= 15 is 0 Å². The van der Waals surface area contributed by atoms with E-state index in [-0.39, 0.29) is 23.7 Å². The third kappa shape index (κ3) is 5.61. The highest BCUT2D eigenvalue weighted by molar-refractivity contribution is 6.11. The summed E-state index contributed by atoms with van der Waals surface area (Å²) < 4.78 is 0. The number of aromatic hydroxyl groups is 1. The minimum absolute atomic E-state index is 0.0365. The van der Waals surface area contributed by atoms with Gasteiger partial charge in [-0.2, -0.15) is 0 Å². The van der Waals surface area contributed by atoms with Crippen molar-refractivity contribution < 1.29 is 24.6 Å². The summed E-state index contributed by atoms with van der Waals surface area (Å²) in [6.45, 7) is 3.59. The zero-order valence-electron chi connectivity index (χ0n) is 18.4. The van der Waals surface area contributed by atoms with Crippen molar-refractivity contribution in [2.24, 2.45) is 5.73 Å². The third-order valence-corrected chi connectivity index (χ3v) is 5.39. The molecule has 0 bridgehead atoms. The van der Waals surface area contributed by atoms with E-state index in [1.165, 1.54) is 6.08 Å². The molecule has 4 N–H and O–H groups in total. The Kier molecular flexibility index (Phi) is 7.20. The summed E-state index contributed by atoms with van der Waals surface area (Å²) in [5, 5.41) is 18.9. The largest absolute Gasteiger partial charge is 0.507 e. The lowest BCUT2D eigenvalue weighted by Crippen LogP contribution is -2.32. The number of carboxylic acid groups (broad SMARTS) is 1. The monoisotopic (exact) mass is 443 g/mol. The van der Waals surface area contributed by atoms with Crippen molar-refractivity contribution in [2.45, 2.75) is 26.3 Å². The smallest absolute Gasteiger partial charge is 0.320 e. The standard InChI is InChI=1S/C27H25NO5/c1-16-13-18(14-17(2)25(16)30)7-12-24(29)19-8-10-20(11-9-19)26(31)22-6-4-3-5-21(22)15-23(28)27(32)33/h3-14,23,30H,15,28H2,1-2H3,(H,32,33). The van der Waals surface area contributed by atoms with Crippen molar-refractivity contribution in [2.75, 3.05) is 0 Å². The highest BCUT2D eigenvalue weighted by atomic mass is 16.4. The van der Waals surface area contributed by atoms with E-state index in [0.717, 1.165) is 16.7 Å². The Morgan fingerprint density at radius 2 is 1.52 bits per heavy atom. The van der Waals surface area contributed by atoms with Crippen molar-refractivity contribution in [3.8, 4) is 5.75 Å². The Morgan fingerprint density at radius 3 is 2.12 bits per heavy atom. The number of hydrogen-bond donors (Lipinski definition) is 3. The number of ketones is 2. The number of allylic oxidation sites excluding steroid dienone is 1. The molecule has 6 nitrogen and oxygen atoms in total. The maximum Gasteiger partial charge on any atom is 0.320 e. The minimum atomic E-state index is -1.13. The van der Waals surface area contributed by atoms with Gasteiger partial charge in [-0.05, 0) is 60.7 Å². The van der Waals surface area contributed by atoms with Crippen molar-refractivity contribution in [1.29, 1.82) is 0 Å². The van der Waals surface area contributed by atoms with E-state index in [1.807, 2.05) is 0 Å². The molecular weight excluding hydrogens is 418 g/mol. The fraction of sp³-hybridized carbons (Fsp3) is 0.148. The highest BCUT2D eigenvalue weighted by Gasteiger charge is 2.18. The molecule has 0 fully saturated rings. The Labute approximate surface area is 192 Å². The van der Waals surface area contributed by atoms with Crippen LogP contribution in [0.2, 0.25) is 0 Å². The van der Waals surface area contributed by atoms with Gasteiger partial charge in [-0.25, -0.2) is 0 Å². The average molecular weight is 443 g/mol. The van der Waals surface area contributed by atoms with Crippen LogP contribution in [0.3, 0.4) is 0 Å². The number of hydrogen-bond acceptors (Lipinski definition) is 5. The molecule has 0 radical (unpaired) electrons. The lowest BCUT2D eigenvalue weighted by atomic mass is 9.94. The SMILES string of the molecule is Cc1cc(C=CC(=O)c2ccc(C(=O)c3ccccc3CC(N)C(=O)O)cc2)cc(C)c1O. The van der Waals surface area contributed by atoms with Gasteiger partial charge < -0.3 is 15.9 Å². The van der Waals surface area contributed by atoms with Gasteiger partial charge in [0.05, 0.1) is 0 Å². The minimum Gasteiger partial charge on any atom is -0.507 e. The summed E-state index contributed by atoms with van der Waals surface area (Å²) in [5.74, 6) is -1.38. The molecule has 1 atom stereocenters. The van der Waals surface area contributed by atoms with Gasteiger partial charge in [0, 0.05) is 16.7 Å². The van der Waals surface area contributed by atoms with Crippen molar-refractivity contribution in [1.82, 2.24) is 0 Å². The fourth-order valence-corrected chi connectivity index (χ4v) is 3.54. The molecule has 3 rings (SSSR count). The summed E-state index contributed by atoms with van der Waals surface area (Å²) in [7, 11) is 0. The first-order chi connectivity index (χ1) is 15.7. The molecule has 0 spiro atoms. The molecule has 3 aromatic carbocycles. The number of nitrogens with two attached hydrogens (primary N) is 1. The van der Waals surface area contributed by atoms with E-state index in [4.69, 9.17) is 10.8 Å². The normalized spacial score (nSPS) is 12.0. The number of benzene rings is 3. The molecular formula is C27H25NO5. The van der Waals surface area contributed by atoms with Crippen LogP contribution in [0, 0.1) is 13.8 Å². The molecule has 6 heteroatoms. The molecule has 0 heterocycles. The number of aryl methyl sites for hydroxylation is 2. The van der Waals surface area contributed by atoms with Gasteiger partial charge in [0.25, 0.3) is 0 Å². The maximum atomic E-state index is 13.0. The Hall–Kier alpha value is -4.03. The number of rotatable bonds is 8. The van der Waals surface area contributed by atoms with Gasteiger partial charge in [0.2, 0.25) is 0 Å². The first-order valence-corrected chi connectivity index (χ1v) is 10.4. The summed E-state index contributed by atoms with van der Waals surface area (Å²) in [5.41, 5.74) is 9.65. The van der Waals surface area contributed by atoms with Crippen LogP contribution in [0.4, 0.5) is 0 Å². The summed E-state index contributed by atoms with van der Waals surface area (Å²) in [6.07, 6.45) is 3.17. The molecule has 3 aromatic rings. The lowest BCUT2D eigenvalue weighted by molar-refractivity contribution is -0.138. The van der Waals surface area contributed by atoms with Crippen LogP contribution in [-0.4, -0.2) is 33.8 Å². The van der Waals surface area contributed by atoms with Gasteiger partial charge in [0.15, 0.2) is 11.6 Å². The van der Waals surface area contributed by atoms with E-state index in [1.54, 1.807) is 80.6 Å². The predicted octanol–water partition coefficient (Wildman–Crippen LogP) is 4.09. The van der Waals surface area contributed by atoms with Gasteiger partial charge >= 0.3 is 5.97 Å². The number of carbonyl (C=O) groups is 3. The van der Waals surface area contributed by atoms with Crippen LogP contribution < -0.4 is 5.73 Å². The van der Waals surface area contributed by atoms with Crippen LogP contribution in [0.5, 0.6) is 5.75 Å². The van der Waals surface area contributed by atoms with E-state index < -0.39 is 12.0 Å². The first-order valence-electron chi connectivity index (χ1n) is 10.4. The molecule has 33 heavy (non-hydrogen) atoms. The van der Waals surface area contributed by atoms with Crippen LogP contribution in [0.1, 0.15) is 48.5 Å². The van der Waals surface area contributed by atoms with Crippen LogP contribution >= 0.6 is 0 Å². The summed E-state index contributed by atoms with van der Waals surface area (Å²) in [4.78, 5) is 36.6. The third-order valence-electron chi connectivity index (χ3n) is 5.39. The van der Waals surface area contributed by atoms with Gasteiger partial charge in [-0.1, -0.05) is 54.6 Å². The van der Waals surface area contributed by atoms with Crippen LogP contribution in [0.25, 0.3) is 6.08 Å². The molecule has 1 unspecified atom stereocenters. The predicted molar refractivity (Wildman–Crippen MR) is 127 cm³/mol. The molecule has 168 valence electrons. The maximum absolute atomic E-state index is 13.0. The number of carboxylic acids is 1. The number of phenols is 1. The first kappa shape index (κ1) is 23.6. The zero-order chi connectivity index (χ0) is 24.1. The van der Waals surface area contributed by atoms with Crippen molar-refractivity contribution in [3.05, 3.63) is 106 Å². The summed E-state index contributed by atoms with van der Waals surface area (Å²) in [6, 6.07) is 15.6. The van der Waals surface area contributed by atoms with Gasteiger partial charge in [-0.15, -0.1) is 0 Å². The average Bonchev–Trinajstić information content (AvgIpc) is 2.80. The van der Waals surface area contributed by atoms with Crippen molar-refractivity contribution >= 4 is 23.6 Å². The number of phenolic OH excluding ortho intramolecular Hbond substituents is 1.